The van der Waals surface area contributed by atoms with Gasteiger partial charge in [0, 0.05) is 31.0 Å². The van der Waals surface area contributed by atoms with E-state index in [-0.39, 0.29) is 18.2 Å². The summed E-state index contributed by atoms with van der Waals surface area (Å²) in [5, 5.41) is 3.64. The number of nitrogens with zero attached hydrogens (tertiary/aromatic N) is 1. The predicted molar refractivity (Wildman–Crippen MR) is 156 cm³/mol. The molecule has 6 nitrogen and oxygen atoms in total. The average Bonchev–Trinajstić information content (AvgIpc) is 2.95. The van der Waals surface area contributed by atoms with Gasteiger partial charge in [0.15, 0.2) is 11.5 Å². The second-order valence-corrected chi connectivity index (χ2v) is 9.73. The van der Waals surface area contributed by atoms with Gasteiger partial charge in [0.1, 0.15) is 6.04 Å². The van der Waals surface area contributed by atoms with Crippen LogP contribution in [0.5, 0.6) is 11.5 Å². The number of carbonyl (C=O) groups is 2. The molecule has 0 unspecified atom stereocenters. The third-order valence-electron chi connectivity index (χ3n) is 6.32. The van der Waals surface area contributed by atoms with Crippen LogP contribution >= 0.6 is 11.6 Å². The van der Waals surface area contributed by atoms with Crippen molar-refractivity contribution in [2.45, 2.75) is 59.0 Å². The van der Waals surface area contributed by atoms with Gasteiger partial charge in [-0.25, -0.2) is 0 Å². The summed E-state index contributed by atoms with van der Waals surface area (Å²) in [6.07, 6.45) is 2.00. The van der Waals surface area contributed by atoms with Gasteiger partial charge < -0.3 is 19.7 Å². The molecule has 208 valence electrons. The van der Waals surface area contributed by atoms with Gasteiger partial charge in [-0.2, -0.15) is 0 Å². The Morgan fingerprint density at radius 2 is 1.51 bits per heavy atom. The van der Waals surface area contributed by atoms with E-state index in [1.54, 1.807) is 17.0 Å². The molecule has 0 aliphatic carbocycles. The van der Waals surface area contributed by atoms with Gasteiger partial charge in [0.05, 0.1) is 13.2 Å². The third-order valence-corrected chi connectivity index (χ3v) is 6.57. The van der Waals surface area contributed by atoms with E-state index in [4.69, 9.17) is 21.1 Å². The molecule has 0 aliphatic heterocycles. The van der Waals surface area contributed by atoms with Crippen LogP contribution in [-0.2, 0) is 29.0 Å². The lowest BCUT2D eigenvalue weighted by Crippen LogP contribution is -2.50. The fourth-order valence-corrected chi connectivity index (χ4v) is 4.48. The van der Waals surface area contributed by atoms with Gasteiger partial charge >= 0.3 is 0 Å². The highest BCUT2D eigenvalue weighted by molar-refractivity contribution is 6.30. The molecule has 0 fully saturated rings. The summed E-state index contributed by atoms with van der Waals surface area (Å²) in [6, 6.07) is 22.3. The van der Waals surface area contributed by atoms with E-state index in [0.29, 0.717) is 55.7 Å². The van der Waals surface area contributed by atoms with E-state index in [2.05, 4.69) is 5.32 Å². The van der Waals surface area contributed by atoms with E-state index in [0.717, 1.165) is 23.1 Å². The molecule has 0 radical (unpaired) electrons. The minimum atomic E-state index is -0.651. The van der Waals surface area contributed by atoms with Crippen LogP contribution in [0.3, 0.4) is 0 Å². The van der Waals surface area contributed by atoms with Gasteiger partial charge in [0.2, 0.25) is 11.8 Å². The second kappa shape index (κ2) is 15.8. The zero-order valence-corrected chi connectivity index (χ0v) is 23.9. The first-order valence-electron chi connectivity index (χ1n) is 13.7. The maximum atomic E-state index is 13.8. The number of aryl methyl sites for hydroxylation is 1. The lowest BCUT2D eigenvalue weighted by Gasteiger charge is -2.31. The van der Waals surface area contributed by atoms with Crippen molar-refractivity contribution >= 4 is 23.4 Å². The maximum absolute atomic E-state index is 13.8. The first-order valence-corrected chi connectivity index (χ1v) is 14.1. The molecule has 3 aromatic rings. The summed E-state index contributed by atoms with van der Waals surface area (Å²) in [7, 11) is 0. The predicted octanol–water partition coefficient (Wildman–Crippen LogP) is 6.24. The molecule has 0 aliphatic rings. The van der Waals surface area contributed by atoms with Crippen molar-refractivity contribution < 1.29 is 19.1 Å². The second-order valence-electron chi connectivity index (χ2n) is 9.29. The summed E-state index contributed by atoms with van der Waals surface area (Å²) in [5.41, 5.74) is 2.88. The van der Waals surface area contributed by atoms with Crippen LogP contribution in [0.25, 0.3) is 0 Å². The highest BCUT2D eigenvalue weighted by atomic mass is 35.5. The van der Waals surface area contributed by atoms with E-state index in [1.165, 1.54) is 0 Å². The molecular formula is C32H39ClN2O4. The lowest BCUT2D eigenvalue weighted by molar-refractivity contribution is -0.141. The van der Waals surface area contributed by atoms with Crippen LogP contribution in [0.4, 0.5) is 0 Å². The summed E-state index contributed by atoms with van der Waals surface area (Å²) in [4.78, 5) is 29.0. The molecule has 3 rings (SSSR count). The van der Waals surface area contributed by atoms with Crippen LogP contribution in [0, 0.1) is 0 Å². The van der Waals surface area contributed by atoms with Crippen molar-refractivity contribution in [2.75, 3.05) is 19.8 Å². The largest absolute Gasteiger partial charge is 0.490 e. The normalized spacial score (nSPS) is 11.5. The van der Waals surface area contributed by atoms with Gasteiger partial charge in [-0.3, -0.25) is 9.59 Å². The molecule has 2 amide bonds. The first kappa shape index (κ1) is 30.0. The smallest absolute Gasteiger partial charge is 0.243 e. The molecular weight excluding hydrogens is 512 g/mol. The summed E-state index contributed by atoms with van der Waals surface area (Å²) in [6.45, 7) is 7.79. The van der Waals surface area contributed by atoms with Crippen LogP contribution in [0.1, 0.15) is 50.3 Å². The number of hydrogen-bond acceptors (Lipinski definition) is 4. The van der Waals surface area contributed by atoms with Crippen LogP contribution in [-0.4, -0.2) is 42.5 Å². The Balaban J connectivity index is 1.87. The van der Waals surface area contributed by atoms with Gasteiger partial charge in [-0.1, -0.05) is 67.1 Å². The van der Waals surface area contributed by atoms with E-state index in [9.17, 15) is 9.59 Å². The van der Waals surface area contributed by atoms with Crippen molar-refractivity contribution in [2.24, 2.45) is 0 Å². The first-order chi connectivity index (χ1) is 18.9. The fraction of sp³-hybridized carbons (Fsp3) is 0.375. The van der Waals surface area contributed by atoms with Crippen molar-refractivity contribution in [1.82, 2.24) is 10.2 Å². The average molecular weight is 551 g/mol. The van der Waals surface area contributed by atoms with E-state index in [1.807, 2.05) is 81.4 Å². The summed E-state index contributed by atoms with van der Waals surface area (Å²) in [5.74, 6) is 1.12. The van der Waals surface area contributed by atoms with Crippen molar-refractivity contribution in [1.29, 1.82) is 0 Å². The van der Waals surface area contributed by atoms with Crippen LogP contribution < -0.4 is 14.8 Å². The minimum absolute atomic E-state index is 0.0932. The topological polar surface area (TPSA) is 67.9 Å². The SMILES string of the molecule is CCCNC(=O)[C@H](Cc1ccccc1)N(Cc1ccc(Cl)cc1)C(=O)CCc1ccc(OCC)c(OCC)c1. The van der Waals surface area contributed by atoms with Crippen molar-refractivity contribution in [3.8, 4) is 11.5 Å². The lowest BCUT2D eigenvalue weighted by atomic mass is 10.0. The molecule has 0 saturated heterocycles. The third kappa shape index (κ3) is 9.32. The number of nitrogens with one attached hydrogen (secondary N) is 1. The van der Waals surface area contributed by atoms with E-state index < -0.39 is 6.04 Å². The maximum Gasteiger partial charge on any atom is 0.243 e. The van der Waals surface area contributed by atoms with Crippen LogP contribution in [0.2, 0.25) is 5.02 Å². The standard InChI is InChI=1S/C32H39ClN2O4/c1-4-20-34-32(37)28(21-24-10-8-7-9-11-24)35(23-26-12-16-27(33)17-13-26)31(36)19-15-25-14-18-29(38-5-2)30(22-25)39-6-3/h7-14,16-18,22,28H,4-6,15,19-21,23H2,1-3H3,(H,34,37)/t28-/m0/s1. The Bertz CT molecular complexity index is 1180. The molecule has 7 heteroatoms. The summed E-state index contributed by atoms with van der Waals surface area (Å²) >= 11 is 6.11. The number of hydrogen-bond donors (Lipinski definition) is 1. The number of amides is 2. The molecule has 3 aromatic carbocycles. The Morgan fingerprint density at radius 3 is 2.18 bits per heavy atom. The Labute approximate surface area is 237 Å². The van der Waals surface area contributed by atoms with Crippen molar-refractivity contribution in [3.05, 3.63) is 94.5 Å². The van der Waals surface area contributed by atoms with Gasteiger partial charge in [0.25, 0.3) is 0 Å². The number of benzene rings is 3. The highest BCUT2D eigenvalue weighted by Crippen LogP contribution is 2.29. The molecule has 0 aromatic heterocycles. The summed E-state index contributed by atoms with van der Waals surface area (Å²) < 4.78 is 11.4. The Morgan fingerprint density at radius 1 is 0.846 bits per heavy atom. The Hall–Kier alpha value is -3.51. The number of carbonyl (C=O) groups excluding carboxylic acids is 2. The molecule has 0 spiro atoms. The minimum Gasteiger partial charge on any atom is -0.490 e. The number of rotatable bonds is 15. The zero-order chi connectivity index (χ0) is 28.0. The monoisotopic (exact) mass is 550 g/mol. The molecule has 0 heterocycles. The molecule has 1 N–H and O–H groups in total. The van der Waals surface area contributed by atoms with Crippen LogP contribution in [0.15, 0.2) is 72.8 Å². The fourth-order valence-electron chi connectivity index (χ4n) is 4.35. The van der Waals surface area contributed by atoms with Gasteiger partial charge in [-0.05, 0) is 67.6 Å². The van der Waals surface area contributed by atoms with Crippen molar-refractivity contribution in [3.63, 3.8) is 0 Å². The number of ether oxygens (including phenoxy) is 2. The Kier molecular flexibility index (Phi) is 12.2. The zero-order valence-electron chi connectivity index (χ0n) is 23.1. The van der Waals surface area contributed by atoms with Gasteiger partial charge in [-0.15, -0.1) is 0 Å². The molecule has 0 bridgehead atoms. The highest BCUT2D eigenvalue weighted by Gasteiger charge is 2.30. The molecule has 0 saturated carbocycles. The van der Waals surface area contributed by atoms with E-state index >= 15 is 0 Å². The quantitative estimate of drug-likeness (QED) is 0.243. The number of halogens is 1. The molecule has 1 atom stereocenters. The molecule has 39 heavy (non-hydrogen) atoms.